The van der Waals surface area contributed by atoms with E-state index in [9.17, 15) is 4.79 Å². The normalized spacial score (nSPS) is 10.4. The Morgan fingerprint density at radius 3 is 2.74 bits per heavy atom. The lowest BCUT2D eigenvalue weighted by Crippen LogP contribution is -2.21. The summed E-state index contributed by atoms with van der Waals surface area (Å²) in [5, 5.41) is 6.96. The van der Waals surface area contributed by atoms with Gasteiger partial charge in [-0.2, -0.15) is 0 Å². The van der Waals surface area contributed by atoms with Gasteiger partial charge < -0.3 is 15.4 Å². The number of para-hydroxylation sites is 1. The summed E-state index contributed by atoms with van der Waals surface area (Å²) in [6, 6.07) is 12.7. The number of halogens is 2. The zero-order valence-electron chi connectivity index (χ0n) is 12.7. The quantitative estimate of drug-likeness (QED) is 0.737. The third-order valence-electron chi connectivity index (χ3n) is 3.24. The fraction of sp³-hybridized carbons (Fsp3) is 0.235. The van der Waals surface area contributed by atoms with Gasteiger partial charge in [0.2, 0.25) is 5.91 Å². The van der Waals surface area contributed by atoms with Gasteiger partial charge in [-0.1, -0.05) is 41.4 Å². The van der Waals surface area contributed by atoms with Crippen molar-refractivity contribution in [2.24, 2.45) is 0 Å². The fourth-order valence-corrected chi connectivity index (χ4v) is 2.42. The maximum absolute atomic E-state index is 11.9. The standard InChI is InChI=1S/C17H18Cl2N2O2/c1-23-16-5-3-2-4-12(16)11-20-9-8-17(22)21-15-10-13(18)6-7-14(15)19/h2-7,10,20H,8-9,11H2,1H3,(H,21,22). The van der Waals surface area contributed by atoms with Crippen molar-refractivity contribution >= 4 is 34.8 Å². The maximum Gasteiger partial charge on any atom is 0.225 e. The van der Waals surface area contributed by atoms with Gasteiger partial charge in [0.15, 0.2) is 0 Å². The molecule has 122 valence electrons. The number of methoxy groups -OCH3 is 1. The summed E-state index contributed by atoms with van der Waals surface area (Å²) in [4.78, 5) is 11.9. The predicted molar refractivity (Wildman–Crippen MR) is 94.4 cm³/mol. The second kappa shape index (κ2) is 8.77. The molecule has 2 rings (SSSR count). The number of amides is 1. The molecular weight excluding hydrogens is 335 g/mol. The molecule has 0 saturated carbocycles. The molecule has 2 N–H and O–H groups in total. The minimum Gasteiger partial charge on any atom is -0.496 e. The van der Waals surface area contributed by atoms with E-state index in [2.05, 4.69) is 10.6 Å². The molecule has 0 spiro atoms. The fourth-order valence-electron chi connectivity index (χ4n) is 2.08. The lowest BCUT2D eigenvalue weighted by atomic mass is 10.2. The van der Waals surface area contributed by atoms with Crippen LogP contribution in [0.3, 0.4) is 0 Å². The lowest BCUT2D eigenvalue weighted by molar-refractivity contribution is -0.116. The van der Waals surface area contributed by atoms with Crippen LogP contribution in [0.25, 0.3) is 0 Å². The first-order chi connectivity index (χ1) is 11.1. The molecule has 0 aromatic heterocycles. The van der Waals surface area contributed by atoms with Crippen LogP contribution in [0, 0.1) is 0 Å². The Labute approximate surface area is 145 Å². The molecule has 0 radical (unpaired) electrons. The first kappa shape index (κ1) is 17.6. The number of carbonyl (C=O) groups is 1. The van der Waals surface area contributed by atoms with Crippen LogP contribution in [-0.4, -0.2) is 19.6 Å². The SMILES string of the molecule is COc1ccccc1CNCCC(=O)Nc1cc(Cl)ccc1Cl. The Morgan fingerprint density at radius 1 is 1.17 bits per heavy atom. The summed E-state index contributed by atoms with van der Waals surface area (Å²) in [6.07, 6.45) is 0.331. The van der Waals surface area contributed by atoms with Crippen molar-refractivity contribution in [2.75, 3.05) is 19.0 Å². The molecule has 0 fully saturated rings. The molecule has 23 heavy (non-hydrogen) atoms. The minimum atomic E-state index is -0.123. The second-order valence-corrected chi connectivity index (χ2v) is 5.75. The van der Waals surface area contributed by atoms with Gasteiger partial charge in [-0.15, -0.1) is 0 Å². The highest BCUT2D eigenvalue weighted by atomic mass is 35.5. The lowest BCUT2D eigenvalue weighted by Gasteiger charge is -2.10. The largest absolute Gasteiger partial charge is 0.496 e. The highest BCUT2D eigenvalue weighted by molar-refractivity contribution is 6.35. The molecule has 0 saturated heterocycles. The molecule has 0 bridgehead atoms. The number of nitrogens with one attached hydrogen (secondary N) is 2. The first-order valence-corrected chi connectivity index (χ1v) is 7.93. The van der Waals surface area contributed by atoms with E-state index in [1.807, 2.05) is 24.3 Å². The summed E-state index contributed by atoms with van der Waals surface area (Å²) in [5.74, 6) is 0.705. The number of rotatable bonds is 7. The highest BCUT2D eigenvalue weighted by Gasteiger charge is 2.07. The number of ether oxygens (including phenoxy) is 1. The van der Waals surface area contributed by atoms with Crippen LogP contribution in [0.1, 0.15) is 12.0 Å². The van der Waals surface area contributed by atoms with Gasteiger partial charge in [-0.05, 0) is 24.3 Å². The van der Waals surface area contributed by atoms with Gasteiger partial charge in [0.05, 0.1) is 17.8 Å². The van der Waals surface area contributed by atoms with Crippen LogP contribution < -0.4 is 15.4 Å². The van der Waals surface area contributed by atoms with Crippen molar-refractivity contribution < 1.29 is 9.53 Å². The maximum atomic E-state index is 11.9. The molecule has 0 aliphatic heterocycles. The van der Waals surface area contributed by atoms with E-state index >= 15 is 0 Å². The molecular formula is C17H18Cl2N2O2. The van der Waals surface area contributed by atoms with Crippen molar-refractivity contribution in [3.63, 3.8) is 0 Å². The number of hydrogen-bond donors (Lipinski definition) is 2. The summed E-state index contributed by atoms with van der Waals surface area (Å²) >= 11 is 11.9. The third kappa shape index (κ3) is 5.43. The van der Waals surface area contributed by atoms with Gasteiger partial charge in [0, 0.05) is 30.1 Å². The average molecular weight is 353 g/mol. The predicted octanol–water partition coefficient (Wildman–Crippen LogP) is 4.12. The van der Waals surface area contributed by atoms with E-state index in [1.54, 1.807) is 25.3 Å². The van der Waals surface area contributed by atoms with E-state index in [4.69, 9.17) is 27.9 Å². The van der Waals surface area contributed by atoms with E-state index in [0.29, 0.717) is 35.2 Å². The zero-order valence-corrected chi connectivity index (χ0v) is 14.2. The van der Waals surface area contributed by atoms with Crippen LogP contribution >= 0.6 is 23.2 Å². The summed E-state index contributed by atoms with van der Waals surface area (Å²) in [7, 11) is 1.64. The average Bonchev–Trinajstić information content (AvgIpc) is 2.55. The van der Waals surface area contributed by atoms with Crippen LogP contribution in [0.15, 0.2) is 42.5 Å². The van der Waals surface area contributed by atoms with Crippen molar-refractivity contribution in [1.29, 1.82) is 0 Å². The number of anilines is 1. The van der Waals surface area contributed by atoms with Crippen molar-refractivity contribution in [3.05, 3.63) is 58.1 Å². The van der Waals surface area contributed by atoms with E-state index in [-0.39, 0.29) is 5.91 Å². The molecule has 2 aromatic carbocycles. The minimum absolute atomic E-state index is 0.123. The molecule has 4 nitrogen and oxygen atoms in total. The van der Waals surface area contributed by atoms with Gasteiger partial charge in [-0.25, -0.2) is 0 Å². The van der Waals surface area contributed by atoms with Crippen molar-refractivity contribution in [3.8, 4) is 5.75 Å². The Balaban J connectivity index is 1.78. The van der Waals surface area contributed by atoms with E-state index in [1.165, 1.54) is 0 Å². The Kier molecular flexibility index (Phi) is 6.71. The molecule has 0 unspecified atom stereocenters. The molecule has 2 aromatic rings. The Hall–Kier alpha value is -1.75. The number of carbonyl (C=O) groups excluding carboxylic acids is 1. The summed E-state index contributed by atoms with van der Waals surface area (Å²) < 4.78 is 5.28. The monoisotopic (exact) mass is 352 g/mol. The number of hydrogen-bond acceptors (Lipinski definition) is 3. The van der Waals surface area contributed by atoms with Gasteiger partial charge in [0.1, 0.15) is 5.75 Å². The van der Waals surface area contributed by atoms with Gasteiger partial charge in [-0.3, -0.25) is 4.79 Å². The van der Waals surface area contributed by atoms with Crippen molar-refractivity contribution in [1.82, 2.24) is 5.32 Å². The summed E-state index contributed by atoms with van der Waals surface area (Å²) in [6.45, 7) is 1.18. The highest BCUT2D eigenvalue weighted by Crippen LogP contribution is 2.25. The van der Waals surface area contributed by atoms with Crippen LogP contribution in [-0.2, 0) is 11.3 Å². The van der Waals surface area contributed by atoms with Crippen LogP contribution in [0.4, 0.5) is 5.69 Å². The van der Waals surface area contributed by atoms with Crippen molar-refractivity contribution in [2.45, 2.75) is 13.0 Å². The topological polar surface area (TPSA) is 50.4 Å². The molecule has 6 heteroatoms. The molecule has 0 aliphatic carbocycles. The van der Waals surface area contributed by atoms with Gasteiger partial charge in [0.25, 0.3) is 0 Å². The van der Waals surface area contributed by atoms with Crippen LogP contribution in [0.5, 0.6) is 5.75 Å². The molecule has 0 heterocycles. The Bertz CT molecular complexity index is 677. The third-order valence-corrected chi connectivity index (χ3v) is 3.80. The number of benzene rings is 2. The Morgan fingerprint density at radius 2 is 1.96 bits per heavy atom. The smallest absolute Gasteiger partial charge is 0.225 e. The molecule has 1 amide bonds. The zero-order chi connectivity index (χ0) is 16.7. The second-order valence-electron chi connectivity index (χ2n) is 4.91. The summed E-state index contributed by atoms with van der Waals surface area (Å²) in [5.41, 5.74) is 1.57. The first-order valence-electron chi connectivity index (χ1n) is 7.17. The molecule has 0 aliphatic rings. The molecule has 0 atom stereocenters. The van der Waals surface area contributed by atoms with E-state index in [0.717, 1.165) is 11.3 Å². The van der Waals surface area contributed by atoms with Gasteiger partial charge >= 0.3 is 0 Å². The van der Waals surface area contributed by atoms with E-state index < -0.39 is 0 Å². The van der Waals surface area contributed by atoms with Crippen LogP contribution in [0.2, 0.25) is 10.0 Å².